The number of ether oxygens (including phenoxy) is 5. The number of carbonyl (C=O) groups excluding carboxylic acids is 2. The number of rotatable bonds is 20. The third-order valence-electron chi connectivity index (χ3n) is 7.39. The molecule has 3 aromatic carbocycles. The number of esters is 2. The molecule has 8 nitrogen and oxygen atoms in total. The van der Waals surface area contributed by atoms with Gasteiger partial charge in [-0.2, -0.15) is 0 Å². The van der Waals surface area contributed by atoms with Crippen molar-refractivity contribution < 1.29 is 33.3 Å². The summed E-state index contributed by atoms with van der Waals surface area (Å²) < 4.78 is 26.9. The van der Waals surface area contributed by atoms with E-state index in [0.29, 0.717) is 30.5 Å². The van der Waals surface area contributed by atoms with E-state index in [0.717, 1.165) is 73.9 Å². The van der Waals surface area contributed by atoms with Gasteiger partial charge >= 0.3 is 11.9 Å². The topological polar surface area (TPSA) is 83.5 Å². The van der Waals surface area contributed by atoms with Gasteiger partial charge in [0.1, 0.15) is 0 Å². The van der Waals surface area contributed by atoms with Gasteiger partial charge in [-0.05, 0) is 99.1 Å². The molecule has 0 atom stereocenters. The number of benzene rings is 3. The molecule has 0 heterocycles. The first-order chi connectivity index (χ1) is 22.4. The third-order valence-corrected chi connectivity index (χ3v) is 7.39. The van der Waals surface area contributed by atoms with Crippen molar-refractivity contribution in [1.82, 2.24) is 4.90 Å². The van der Waals surface area contributed by atoms with Crippen LogP contribution >= 0.6 is 12.4 Å². The molecule has 0 saturated carbocycles. The van der Waals surface area contributed by atoms with Gasteiger partial charge < -0.3 is 28.6 Å². The molecule has 254 valence electrons. The van der Waals surface area contributed by atoms with E-state index >= 15 is 0 Å². The second kappa shape index (κ2) is 22.3. The summed E-state index contributed by atoms with van der Waals surface area (Å²) >= 11 is 0. The molecule has 0 fully saturated rings. The Morgan fingerprint density at radius 3 is 1.62 bits per heavy atom. The standard InChI is InChI=1S/C38H47NO7.ClH/c1-39(23-13-7-15-25-45-36(40)22-21-30-27-34(42-2)38(44-4)35(28-30)43-3)24-14-8-16-26-46-37(41)29-33(31-17-9-5-10-18-31)32-19-11-6-12-20-32;/h5-6,9-12,17-22,27-29H,7-8,13-16,23-26H2,1-4H3;1H/b22-21+;. The van der Waals surface area contributed by atoms with Crippen LogP contribution < -0.4 is 14.2 Å². The highest BCUT2D eigenvalue weighted by Gasteiger charge is 2.12. The third kappa shape index (κ3) is 13.9. The first-order valence-electron chi connectivity index (χ1n) is 15.8. The Kier molecular flexibility index (Phi) is 18.5. The molecule has 0 N–H and O–H groups in total. The summed E-state index contributed by atoms with van der Waals surface area (Å²) in [4.78, 5) is 27.0. The van der Waals surface area contributed by atoms with Crippen molar-refractivity contribution >= 4 is 36.0 Å². The monoisotopic (exact) mass is 665 g/mol. The molecular formula is C38H48ClNO7. The van der Waals surface area contributed by atoms with E-state index in [1.807, 2.05) is 60.7 Å². The highest BCUT2D eigenvalue weighted by Crippen LogP contribution is 2.38. The lowest BCUT2D eigenvalue weighted by Crippen LogP contribution is -2.21. The molecule has 47 heavy (non-hydrogen) atoms. The molecule has 0 aromatic heterocycles. The van der Waals surface area contributed by atoms with Gasteiger partial charge in [-0.3, -0.25) is 0 Å². The summed E-state index contributed by atoms with van der Waals surface area (Å²) in [7, 11) is 6.76. The maximum atomic E-state index is 12.6. The fraction of sp³-hybridized carbons (Fsp3) is 0.368. The quantitative estimate of drug-likeness (QED) is 0.0692. The van der Waals surface area contributed by atoms with Crippen LogP contribution in [0.2, 0.25) is 0 Å². The number of hydrogen-bond acceptors (Lipinski definition) is 8. The van der Waals surface area contributed by atoms with Crippen LogP contribution in [0.5, 0.6) is 17.2 Å². The van der Waals surface area contributed by atoms with Crippen molar-refractivity contribution in [2.45, 2.75) is 38.5 Å². The Bertz CT molecular complexity index is 1340. The van der Waals surface area contributed by atoms with Crippen LogP contribution in [0, 0.1) is 0 Å². The summed E-state index contributed by atoms with van der Waals surface area (Å²) in [6, 6.07) is 23.3. The lowest BCUT2D eigenvalue weighted by molar-refractivity contribution is -0.138. The van der Waals surface area contributed by atoms with Gasteiger partial charge in [-0.15, -0.1) is 12.4 Å². The molecule has 0 amide bonds. The first kappa shape index (κ1) is 38.9. The molecule has 9 heteroatoms. The van der Waals surface area contributed by atoms with Gasteiger partial charge in [0.05, 0.1) is 34.5 Å². The molecular weight excluding hydrogens is 618 g/mol. The predicted molar refractivity (Wildman–Crippen MR) is 189 cm³/mol. The lowest BCUT2D eigenvalue weighted by Gasteiger charge is -2.16. The maximum Gasteiger partial charge on any atom is 0.331 e. The molecule has 0 aliphatic carbocycles. The van der Waals surface area contributed by atoms with Crippen molar-refractivity contribution in [2.24, 2.45) is 0 Å². The predicted octanol–water partition coefficient (Wildman–Crippen LogP) is 7.64. The Hall–Kier alpha value is -4.27. The number of halogens is 1. The molecule has 0 radical (unpaired) electrons. The van der Waals surface area contributed by atoms with Crippen molar-refractivity contribution in [3.8, 4) is 17.2 Å². The second-order valence-corrected chi connectivity index (χ2v) is 10.8. The van der Waals surface area contributed by atoms with Crippen LogP contribution in [0.25, 0.3) is 11.6 Å². The molecule has 0 bridgehead atoms. The van der Waals surface area contributed by atoms with Crippen LogP contribution in [0.3, 0.4) is 0 Å². The molecule has 0 spiro atoms. The summed E-state index contributed by atoms with van der Waals surface area (Å²) in [5.41, 5.74) is 3.56. The van der Waals surface area contributed by atoms with Crippen LogP contribution in [-0.2, 0) is 19.1 Å². The number of carbonyl (C=O) groups is 2. The Labute approximate surface area is 285 Å². The normalized spacial score (nSPS) is 10.7. The van der Waals surface area contributed by atoms with Crippen molar-refractivity contribution in [3.05, 3.63) is 102 Å². The van der Waals surface area contributed by atoms with Crippen molar-refractivity contribution in [3.63, 3.8) is 0 Å². The van der Waals surface area contributed by atoms with Gasteiger partial charge in [-0.1, -0.05) is 60.7 Å². The second-order valence-electron chi connectivity index (χ2n) is 10.8. The van der Waals surface area contributed by atoms with Gasteiger partial charge in [-0.25, -0.2) is 9.59 Å². The van der Waals surface area contributed by atoms with Crippen LogP contribution in [0.1, 0.15) is 55.2 Å². The number of unbranched alkanes of at least 4 members (excludes halogenated alkanes) is 4. The number of methoxy groups -OCH3 is 3. The molecule has 0 aliphatic rings. The van der Waals surface area contributed by atoms with Gasteiger partial charge in [0.2, 0.25) is 5.75 Å². The zero-order chi connectivity index (χ0) is 33.0. The molecule has 0 unspecified atom stereocenters. The minimum atomic E-state index is -0.389. The van der Waals surface area contributed by atoms with Crippen LogP contribution in [-0.4, -0.2) is 71.5 Å². The van der Waals surface area contributed by atoms with E-state index in [2.05, 4.69) is 11.9 Å². The van der Waals surface area contributed by atoms with E-state index in [-0.39, 0.29) is 24.3 Å². The number of hydrogen-bond donors (Lipinski definition) is 0. The maximum absolute atomic E-state index is 12.6. The fourth-order valence-corrected chi connectivity index (χ4v) is 4.92. The van der Waals surface area contributed by atoms with E-state index in [1.165, 1.54) is 6.08 Å². The highest BCUT2D eigenvalue weighted by molar-refractivity contribution is 5.96. The summed E-state index contributed by atoms with van der Waals surface area (Å²) in [5, 5.41) is 0. The van der Waals surface area contributed by atoms with E-state index in [4.69, 9.17) is 23.7 Å². The Balaban J connectivity index is 0.00000768. The van der Waals surface area contributed by atoms with E-state index < -0.39 is 0 Å². The van der Waals surface area contributed by atoms with Gasteiger partial charge in [0.25, 0.3) is 0 Å². The Morgan fingerprint density at radius 2 is 1.15 bits per heavy atom. The SMILES string of the molecule is COc1cc(/C=C/C(=O)OCCCCCN(C)CCCCCOC(=O)C=C(c2ccccc2)c2ccccc2)cc(OC)c1OC.Cl. The zero-order valence-corrected chi connectivity index (χ0v) is 28.8. The Morgan fingerprint density at radius 1 is 0.660 bits per heavy atom. The summed E-state index contributed by atoms with van der Waals surface area (Å²) in [5.74, 6) is 0.830. The molecule has 3 aromatic rings. The minimum Gasteiger partial charge on any atom is -0.493 e. The smallest absolute Gasteiger partial charge is 0.331 e. The molecule has 0 aliphatic heterocycles. The van der Waals surface area contributed by atoms with Gasteiger partial charge in [0, 0.05) is 12.2 Å². The van der Waals surface area contributed by atoms with E-state index in [9.17, 15) is 9.59 Å². The van der Waals surface area contributed by atoms with Gasteiger partial charge in [0.15, 0.2) is 11.5 Å². The van der Waals surface area contributed by atoms with Crippen LogP contribution in [0.4, 0.5) is 0 Å². The van der Waals surface area contributed by atoms with E-state index in [1.54, 1.807) is 45.6 Å². The van der Waals surface area contributed by atoms with Crippen LogP contribution in [0.15, 0.2) is 84.9 Å². The first-order valence-corrected chi connectivity index (χ1v) is 15.8. The lowest BCUT2D eigenvalue weighted by atomic mass is 9.98. The zero-order valence-electron chi connectivity index (χ0n) is 27.9. The van der Waals surface area contributed by atoms with Crippen molar-refractivity contribution in [1.29, 1.82) is 0 Å². The molecule has 0 saturated heterocycles. The largest absolute Gasteiger partial charge is 0.493 e. The number of nitrogens with zero attached hydrogens (tertiary/aromatic N) is 1. The molecule has 3 rings (SSSR count). The summed E-state index contributed by atoms with van der Waals surface area (Å²) in [6.45, 7) is 2.76. The average Bonchev–Trinajstić information content (AvgIpc) is 3.09. The highest BCUT2D eigenvalue weighted by atomic mass is 35.5. The fourth-order valence-electron chi connectivity index (χ4n) is 4.92. The average molecular weight is 666 g/mol. The minimum absolute atomic E-state index is 0. The van der Waals surface area contributed by atoms with Crippen molar-refractivity contribution in [2.75, 3.05) is 54.7 Å². The summed E-state index contributed by atoms with van der Waals surface area (Å²) in [6.07, 6.45) is 10.3.